The van der Waals surface area contributed by atoms with Gasteiger partial charge in [0, 0.05) is 29.6 Å². The van der Waals surface area contributed by atoms with Gasteiger partial charge in [0.05, 0.1) is 13.2 Å². The quantitative estimate of drug-likeness (QED) is 0.776. The fourth-order valence-electron chi connectivity index (χ4n) is 2.53. The monoisotopic (exact) mass is 328 g/mol. The lowest BCUT2D eigenvalue weighted by Crippen LogP contribution is -2.48. The first kappa shape index (κ1) is 16.4. The second-order valence-corrected chi connectivity index (χ2v) is 5.59. The van der Waals surface area contributed by atoms with Gasteiger partial charge in [0.25, 0.3) is 5.56 Å². The van der Waals surface area contributed by atoms with E-state index in [4.69, 9.17) is 4.74 Å². The largest absolute Gasteiger partial charge is 0.378 e. The SMILES string of the molecule is CCc1cc(=O)[nH]c(-c2cccc(NC(=O)C3COCCN3)c2)n1. The van der Waals surface area contributed by atoms with Crippen LogP contribution in [0.2, 0.25) is 0 Å². The Bertz CT molecular complexity index is 781. The van der Waals surface area contributed by atoms with Gasteiger partial charge in [0.2, 0.25) is 5.91 Å². The van der Waals surface area contributed by atoms with Crippen LogP contribution in [-0.4, -0.2) is 41.7 Å². The Labute approximate surface area is 139 Å². The molecule has 0 spiro atoms. The number of aryl methyl sites for hydroxylation is 1. The second kappa shape index (κ2) is 7.37. The second-order valence-electron chi connectivity index (χ2n) is 5.59. The molecule has 2 aromatic rings. The lowest BCUT2D eigenvalue weighted by atomic mass is 10.1. The van der Waals surface area contributed by atoms with Gasteiger partial charge in [-0.1, -0.05) is 19.1 Å². The maximum Gasteiger partial charge on any atom is 0.251 e. The number of amides is 1. The van der Waals surface area contributed by atoms with E-state index in [1.54, 1.807) is 12.1 Å². The van der Waals surface area contributed by atoms with Crippen molar-refractivity contribution >= 4 is 11.6 Å². The molecule has 3 N–H and O–H groups in total. The summed E-state index contributed by atoms with van der Waals surface area (Å²) >= 11 is 0. The highest BCUT2D eigenvalue weighted by Gasteiger charge is 2.21. The zero-order valence-electron chi connectivity index (χ0n) is 13.5. The van der Waals surface area contributed by atoms with Crippen LogP contribution in [0.3, 0.4) is 0 Å². The molecule has 1 aromatic heterocycles. The molecule has 0 aliphatic carbocycles. The average molecular weight is 328 g/mol. The minimum atomic E-state index is -0.358. The van der Waals surface area contributed by atoms with Gasteiger partial charge < -0.3 is 20.4 Å². The Morgan fingerprint density at radius 3 is 3.04 bits per heavy atom. The summed E-state index contributed by atoms with van der Waals surface area (Å²) in [4.78, 5) is 31.1. The molecule has 7 nitrogen and oxygen atoms in total. The van der Waals surface area contributed by atoms with Gasteiger partial charge in [-0.15, -0.1) is 0 Å². The Hall–Kier alpha value is -2.51. The molecule has 0 saturated carbocycles. The number of anilines is 1. The van der Waals surface area contributed by atoms with Gasteiger partial charge in [-0.05, 0) is 18.6 Å². The summed E-state index contributed by atoms with van der Waals surface area (Å²) in [5, 5.41) is 5.97. The van der Waals surface area contributed by atoms with Crippen LogP contribution in [0.4, 0.5) is 5.69 Å². The van der Waals surface area contributed by atoms with Crippen LogP contribution in [0, 0.1) is 0 Å². The first-order chi connectivity index (χ1) is 11.7. The lowest BCUT2D eigenvalue weighted by Gasteiger charge is -2.23. The third kappa shape index (κ3) is 3.87. The standard InChI is InChI=1S/C17H20N4O3/c1-2-12-9-15(22)21-16(19-12)11-4-3-5-13(8-11)20-17(23)14-10-24-7-6-18-14/h3-5,8-9,14,18H,2,6-7,10H2,1H3,(H,20,23)(H,19,21,22). The van der Waals surface area contributed by atoms with Crippen molar-refractivity contribution in [1.82, 2.24) is 15.3 Å². The van der Waals surface area contributed by atoms with Crippen molar-refractivity contribution in [2.45, 2.75) is 19.4 Å². The minimum absolute atomic E-state index is 0.143. The highest BCUT2D eigenvalue weighted by molar-refractivity contribution is 5.95. The van der Waals surface area contributed by atoms with E-state index in [0.717, 1.165) is 11.3 Å². The van der Waals surface area contributed by atoms with E-state index in [2.05, 4.69) is 20.6 Å². The van der Waals surface area contributed by atoms with E-state index in [9.17, 15) is 9.59 Å². The van der Waals surface area contributed by atoms with Crippen molar-refractivity contribution in [2.24, 2.45) is 0 Å². The highest BCUT2D eigenvalue weighted by atomic mass is 16.5. The summed E-state index contributed by atoms with van der Waals surface area (Å²) in [6.07, 6.45) is 0.681. The normalized spacial score (nSPS) is 17.5. The molecule has 1 saturated heterocycles. The molecule has 0 bridgehead atoms. The number of H-pyrrole nitrogens is 1. The molecule has 3 rings (SSSR count). The first-order valence-electron chi connectivity index (χ1n) is 7.98. The number of morpholine rings is 1. The van der Waals surface area contributed by atoms with Crippen molar-refractivity contribution < 1.29 is 9.53 Å². The summed E-state index contributed by atoms with van der Waals surface area (Å²) in [5.41, 5.74) is 1.93. The molecular formula is C17H20N4O3. The van der Waals surface area contributed by atoms with Gasteiger partial charge in [-0.2, -0.15) is 0 Å². The third-order valence-electron chi connectivity index (χ3n) is 3.80. The number of nitrogens with zero attached hydrogens (tertiary/aromatic N) is 1. The minimum Gasteiger partial charge on any atom is -0.378 e. The molecule has 1 aliphatic heterocycles. The van der Waals surface area contributed by atoms with Crippen LogP contribution in [0.15, 0.2) is 35.1 Å². The van der Waals surface area contributed by atoms with Crippen molar-refractivity contribution in [2.75, 3.05) is 25.1 Å². The van der Waals surface area contributed by atoms with E-state index >= 15 is 0 Å². The van der Waals surface area contributed by atoms with E-state index in [-0.39, 0.29) is 17.5 Å². The lowest BCUT2D eigenvalue weighted by molar-refractivity contribution is -0.120. The number of benzene rings is 1. The van der Waals surface area contributed by atoms with Crippen molar-refractivity contribution in [3.8, 4) is 11.4 Å². The first-order valence-corrected chi connectivity index (χ1v) is 7.98. The maximum absolute atomic E-state index is 12.2. The fraction of sp³-hybridized carbons (Fsp3) is 0.353. The number of carbonyl (C=O) groups excluding carboxylic acids is 1. The molecule has 1 unspecified atom stereocenters. The summed E-state index contributed by atoms with van der Waals surface area (Å²) in [7, 11) is 0. The summed E-state index contributed by atoms with van der Waals surface area (Å²) < 4.78 is 5.30. The van der Waals surface area contributed by atoms with Crippen LogP contribution in [0.25, 0.3) is 11.4 Å². The highest BCUT2D eigenvalue weighted by Crippen LogP contribution is 2.19. The predicted octanol–water partition coefficient (Wildman–Crippen LogP) is 0.926. The smallest absolute Gasteiger partial charge is 0.251 e. The van der Waals surface area contributed by atoms with Gasteiger partial charge in [-0.25, -0.2) is 4.98 Å². The summed E-state index contributed by atoms with van der Waals surface area (Å²) in [5.74, 6) is 0.352. The molecular weight excluding hydrogens is 308 g/mol. The van der Waals surface area contributed by atoms with Crippen LogP contribution in [-0.2, 0) is 16.0 Å². The summed E-state index contributed by atoms with van der Waals surface area (Å²) in [6, 6.07) is 8.38. The molecule has 24 heavy (non-hydrogen) atoms. The van der Waals surface area contributed by atoms with Gasteiger partial charge >= 0.3 is 0 Å². The molecule has 0 radical (unpaired) electrons. The topological polar surface area (TPSA) is 96.1 Å². The Balaban J connectivity index is 1.80. The molecule has 1 amide bonds. The van der Waals surface area contributed by atoms with Crippen LogP contribution in [0.5, 0.6) is 0 Å². The number of ether oxygens (including phenoxy) is 1. The van der Waals surface area contributed by atoms with E-state index in [1.165, 1.54) is 6.07 Å². The zero-order valence-corrected chi connectivity index (χ0v) is 13.5. The van der Waals surface area contributed by atoms with Crippen molar-refractivity contribution in [3.63, 3.8) is 0 Å². The van der Waals surface area contributed by atoms with Crippen LogP contribution < -0.4 is 16.2 Å². The zero-order chi connectivity index (χ0) is 16.9. The van der Waals surface area contributed by atoms with Gasteiger partial charge in [0.15, 0.2) is 0 Å². The Morgan fingerprint density at radius 2 is 2.29 bits per heavy atom. The van der Waals surface area contributed by atoms with Crippen LogP contribution >= 0.6 is 0 Å². The van der Waals surface area contributed by atoms with E-state index in [0.29, 0.717) is 37.7 Å². The fourth-order valence-corrected chi connectivity index (χ4v) is 2.53. The number of nitrogens with one attached hydrogen (secondary N) is 3. The van der Waals surface area contributed by atoms with Crippen LogP contribution in [0.1, 0.15) is 12.6 Å². The summed E-state index contributed by atoms with van der Waals surface area (Å²) in [6.45, 7) is 3.58. The maximum atomic E-state index is 12.2. The van der Waals surface area contributed by atoms with Gasteiger partial charge in [0.1, 0.15) is 11.9 Å². The predicted molar refractivity (Wildman–Crippen MR) is 90.9 cm³/mol. The van der Waals surface area contributed by atoms with Crippen molar-refractivity contribution in [3.05, 3.63) is 46.4 Å². The number of carbonyl (C=O) groups is 1. The third-order valence-corrected chi connectivity index (χ3v) is 3.80. The van der Waals surface area contributed by atoms with E-state index < -0.39 is 0 Å². The Morgan fingerprint density at radius 1 is 1.42 bits per heavy atom. The molecule has 1 atom stereocenters. The Kier molecular flexibility index (Phi) is 5.02. The molecule has 126 valence electrons. The number of rotatable bonds is 4. The molecule has 2 heterocycles. The van der Waals surface area contributed by atoms with Gasteiger partial charge in [-0.3, -0.25) is 9.59 Å². The number of aromatic nitrogens is 2. The number of aromatic amines is 1. The molecule has 1 aliphatic rings. The number of hydrogen-bond acceptors (Lipinski definition) is 5. The van der Waals surface area contributed by atoms with Crippen molar-refractivity contribution in [1.29, 1.82) is 0 Å². The average Bonchev–Trinajstić information content (AvgIpc) is 2.62. The molecule has 7 heteroatoms. The molecule has 1 aromatic carbocycles. The number of hydrogen-bond donors (Lipinski definition) is 3. The molecule has 1 fully saturated rings. The van der Waals surface area contributed by atoms with E-state index in [1.807, 2.05) is 19.1 Å².